The number of guanidine groups is 1. The van der Waals surface area contributed by atoms with Crippen molar-refractivity contribution in [2.24, 2.45) is 22.1 Å². The van der Waals surface area contributed by atoms with E-state index < -0.39 is 0 Å². The number of hydrogen-bond acceptors (Lipinski definition) is 6. The van der Waals surface area contributed by atoms with Crippen molar-refractivity contribution in [1.82, 2.24) is 9.55 Å². The summed E-state index contributed by atoms with van der Waals surface area (Å²) in [5.74, 6) is 3.48. The Hall–Kier alpha value is -2.44. The number of imidazole rings is 1. The molecule has 7 nitrogen and oxygen atoms in total. The Kier molecular flexibility index (Phi) is 4.19. The quantitative estimate of drug-likeness (QED) is 0.792. The van der Waals surface area contributed by atoms with Gasteiger partial charge in [0.2, 0.25) is 5.95 Å². The largest absolute Gasteiger partial charge is 0.489 e. The predicted octanol–water partition coefficient (Wildman–Crippen LogP) is 4.22. The lowest BCUT2D eigenvalue weighted by molar-refractivity contribution is 0.0873. The molecule has 3 aliphatic rings. The summed E-state index contributed by atoms with van der Waals surface area (Å²) in [4.78, 5) is 9.78. The molecule has 7 heteroatoms. The molecule has 29 heavy (non-hydrogen) atoms. The highest BCUT2D eigenvalue weighted by Gasteiger charge is 2.44. The van der Waals surface area contributed by atoms with Gasteiger partial charge in [0.1, 0.15) is 5.66 Å². The van der Waals surface area contributed by atoms with E-state index in [9.17, 15) is 0 Å². The second kappa shape index (κ2) is 6.54. The molecule has 1 fully saturated rings. The van der Waals surface area contributed by atoms with Gasteiger partial charge >= 0.3 is 0 Å². The fourth-order valence-corrected chi connectivity index (χ4v) is 5.14. The van der Waals surface area contributed by atoms with Crippen LogP contribution >= 0.6 is 0 Å². The van der Waals surface area contributed by atoms with Gasteiger partial charge in [0.25, 0.3) is 0 Å². The monoisotopic (exact) mass is 397 g/mol. The van der Waals surface area contributed by atoms with Crippen LogP contribution in [0.4, 0.5) is 5.95 Å². The minimum absolute atomic E-state index is 0.353. The Morgan fingerprint density at radius 2 is 1.90 bits per heavy atom. The number of fused-ring (bicyclic) bond motifs is 5. The molecule has 5 rings (SSSR count). The zero-order valence-corrected chi connectivity index (χ0v) is 17.6. The van der Waals surface area contributed by atoms with Crippen LogP contribution in [-0.4, -0.2) is 28.7 Å². The van der Waals surface area contributed by atoms with Crippen molar-refractivity contribution in [2.75, 3.05) is 18.5 Å². The highest BCUT2D eigenvalue weighted by molar-refractivity contribution is 5.95. The summed E-state index contributed by atoms with van der Waals surface area (Å²) in [7, 11) is 0. The average molecular weight is 398 g/mol. The van der Waals surface area contributed by atoms with Crippen LogP contribution < -0.4 is 20.5 Å². The van der Waals surface area contributed by atoms with Crippen molar-refractivity contribution in [3.8, 4) is 11.5 Å². The van der Waals surface area contributed by atoms with Crippen LogP contribution in [0.5, 0.6) is 11.5 Å². The summed E-state index contributed by atoms with van der Waals surface area (Å²) in [5, 5.41) is 3.17. The highest BCUT2D eigenvalue weighted by Crippen LogP contribution is 2.50. The minimum atomic E-state index is -0.375. The van der Waals surface area contributed by atoms with Gasteiger partial charge in [-0.25, -0.2) is 9.98 Å². The third kappa shape index (κ3) is 2.93. The Labute approximate surface area is 171 Å². The maximum atomic E-state index is 6.20. The number of rotatable bonds is 2. The van der Waals surface area contributed by atoms with Gasteiger partial charge in [-0.3, -0.25) is 9.88 Å². The van der Waals surface area contributed by atoms with Crippen LogP contribution in [0, 0.1) is 11.3 Å². The Morgan fingerprint density at radius 3 is 2.59 bits per heavy atom. The second-order valence-electron chi connectivity index (χ2n) is 9.33. The zero-order chi connectivity index (χ0) is 20.2. The first-order valence-electron chi connectivity index (χ1n) is 10.9. The molecule has 1 aliphatic carbocycles. The minimum Gasteiger partial charge on any atom is -0.489 e. The maximum absolute atomic E-state index is 6.20. The van der Waals surface area contributed by atoms with E-state index in [1.165, 1.54) is 6.42 Å². The molecule has 3 heterocycles. The molecule has 0 atom stereocenters. The van der Waals surface area contributed by atoms with Crippen molar-refractivity contribution in [1.29, 1.82) is 0 Å². The summed E-state index contributed by atoms with van der Waals surface area (Å²) < 4.78 is 14.1. The van der Waals surface area contributed by atoms with E-state index >= 15 is 0 Å². The van der Waals surface area contributed by atoms with Crippen molar-refractivity contribution < 1.29 is 9.47 Å². The summed E-state index contributed by atoms with van der Waals surface area (Å²) in [5.41, 5.74) is 8.10. The highest BCUT2D eigenvalue weighted by atomic mass is 16.5. The van der Waals surface area contributed by atoms with E-state index in [4.69, 9.17) is 25.2 Å². The first kappa shape index (κ1) is 18.6. The second-order valence-corrected chi connectivity index (χ2v) is 9.33. The molecule has 0 amide bonds. The Bertz CT molecular complexity index is 969. The summed E-state index contributed by atoms with van der Waals surface area (Å²) in [6.07, 6.45) is 6.30. The van der Waals surface area contributed by atoms with Gasteiger partial charge < -0.3 is 15.2 Å². The number of hydrogen-bond donors (Lipinski definition) is 2. The van der Waals surface area contributed by atoms with Crippen LogP contribution in [-0.2, 0) is 5.66 Å². The van der Waals surface area contributed by atoms with E-state index in [1.807, 2.05) is 6.07 Å². The number of anilines is 1. The molecule has 0 bridgehead atoms. The molecular formula is C22H31N5O2. The van der Waals surface area contributed by atoms with Crippen LogP contribution in [0.3, 0.4) is 0 Å². The molecule has 1 spiro atoms. The topological polar surface area (TPSA) is 86.7 Å². The van der Waals surface area contributed by atoms with Gasteiger partial charge in [0.15, 0.2) is 17.5 Å². The van der Waals surface area contributed by atoms with Gasteiger partial charge in [-0.1, -0.05) is 27.2 Å². The molecule has 0 saturated heterocycles. The molecule has 0 unspecified atom stereocenters. The number of aliphatic imine (C=N–C) groups is 1. The normalized spacial score (nSPS) is 26.6. The lowest BCUT2D eigenvalue weighted by Gasteiger charge is -2.45. The van der Waals surface area contributed by atoms with E-state index in [0.29, 0.717) is 30.5 Å². The van der Waals surface area contributed by atoms with E-state index in [2.05, 4.69) is 36.7 Å². The third-order valence-electron chi connectivity index (χ3n) is 7.31. The van der Waals surface area contributed by atoms with Crippen LogP contribution in [0.1, 0.15) is 59.3 Å². The molecule has 1 saturated carbocycles. The molecule has 0 radical (unpaired) electrons. The van der Waals surface area contributed by atoms with Crippen molar-refractivity contribution in [2.45, 2.75) is 65.0 Å². The smallest absolute Gasteiger partial charge is 0.212 e. The van der Waals surface area contributed by atoms with E-state index in [1.54, 1.807) is 0 Å². The molecular weight excluding hydrogens is 366 g/mol. The lowest BCUT2D eigenvalue weighted by Crippen LogP contribution is -2.45. The number of nitrogens with zero attached hydrogens (tertiary/aromatic N) is 3. The van der Waals surface area contributed by atoms with Gasteiger partial charge in [0, 0.05) is 18.6 Å². The fourth-order valence-electron chi connectivity index (χ4n) is 5.14. The number of ether oxygens (including phenoxy) is 2. The predicted molar refractivity (Wildman–Crippen MR) is 115 cm³/mol. The molecule has 1 aromatic heterocycles. The van der Waals surface area contributed by atoms with Gasteiger partial charge in [0.05, 0.1) is 24.2 Å². The molecule has 3 N–H and O–H groups in total. The average Bonchev–Trinajstić information content (AvgIpc) is 2.89. The van der Waals surface area contributed by atoms with Gasteiger partial charge in [-0.15, -0.1) is 0 Å². The summed E-state index contributed by atoms with van der Waals surface area (Å²) >= 11 is 0. The molecule has 2 aliphatic heterocycles. The van der Waals surface area contributed by atoms with Crippen molar-refractivity contribution >= 4 is 22.9 Å². The molecule has 1 aromatic carbocycles. The van der Waals surface area contributed by atoms with Crippen LogP contribution in [0.2, 0.25) is 0 Å². The summed E-state index contributed by atoms with van der Waals surface area (Å²) in [6.45, 7) is 8.40. The van der Waals surface area contributed by atoms with Crippen LogP contribution in [0.25, 0.3) is 11.0 Å². The van der Waals surface area contributed by atoms with Gasteiger partial charge in [-0.05, 0) is 37.0 Å². The molecule has 2 aromatic rings. The lowest BCUT2D eigenvalue weighted by atomic mass is 9.67. The number of benzene rings is 1. The maximum Gasteiger partial charge on any atom is 0.212 e. The SMILES string of the molecule is CCC(C)(C)C1CCC2(CC1)N=C(N)Nc1nc3cc4c(cc3n12)OCCCO4. The first-order valence-corrected chi connectivity index (χ1v) is 10.9. The number of nitrogens with one attached hydrogen (secondary N) is 1. The Morgan fingerprint density at radius 1 is 1.21 bits per heavy atom. The Balaban J connectivity index is 1.58. The third-order valence-corrected chi connectivity index (χ3v) is 7.31. The summed E-state index contributed by atoms with van der Waals surface area (Å²) in [6, 6.07) is 4.05. The van der Waals surface area contributed by atoms with E-state index in [-0.39, 0.29) is 5.66 Å². The number of nitrogens with two attached hydrogens (primary N) is 1. The van der Waals surface area contributed by atoms with Gasteiger partial charge in [-0.2, -0.15) is 0 Å². The number of aromatic nitrogens is 2. The van der Waals surface area contributed by atoms with Crippen molar-refractivity contribution in [3.63, 3.8) is 0 Å². The zero-order valence-electron chi connectivity index (χ0n) is 17.6. The van der Waals surface area contributed by atoms with Crippen LogP contribution in [0.15, 0.2) is 17.1 Å². The fraction of sp³-hybridized carbons (Fsp3) is 0.636. The first-order chi connectivity index (χ1) is 13.9. The van der Waals surface area contributed by atoms with Crippen molar-refractivity contribution in [3.05, 3.63) is 12.1 Å². The molecule has 156 valence electrons. The standard InChI is InChI=1S/C22H31N5O2/c1-4-21(2,3)14-6-8-22(9-7-14)26-19(23)25-20-24-15-12-17-18(13-16(15)27(20)22)29-11-5-10-28-17/h12-14H,4-11H2,1-3H3,(H3,23,24,25,26). The van der Waals surface area contributed by atoms with E-state index in [0.717, 1.165) is 60.6 Å².